The Morgan fingerprint density at radius 1 is 1.07 bits per heavy atom. The summed E-state index contributed by atoms with van der Waals surface area (Å²) in [5, 5.41) is 2.78. The zero-order chi connectivity index (χ0) is 18.4. The van der Waals surface area contributed by atoms with Crippen molar-refractivity contribution in [1.29, 1.82) is 0 Å². The van der Waals surface area contributed by atoms with E-state index in [2.05, 4.69) is 44.6 Å². The Balaban J connectivity index is 1.46. The molecule has 0 aliphatic carbocycles. The maximum absolute atomic E-state index is 12.9. The topological polar surface area (TPSA) is 62.2 Å². The molecule has 5 rings (SSSR count). The van der Waals surface area contributed by atoms with Crippen molar-refractivity contribution in [2.24, 2.45) is 0 Å². The molecule has 0 atom stereocenters. The fourth-order valence-corrected chi connectivity index (χ4v) is 6.00. The molecule has 0 bridgehead atoms. The van der Waals surface area contributed by atoms with Crippen molar-refractivity contribution in [3.8, 4) is 10.6 Å². The number of carbonyl (C=O) groups excluding carboxylic acids is 1. The van der Waals surface area contributed by atoms with Crippen molar-refractivity contribution in [2.75, 3.05) is 29.4 Å². The van der Waals surface area contributed by atoms with E-state index in [1.807, 2.05) is 5.38 Å². The summed E-state index contributed by atoms with van der Waals surface area (Å²) in [4.78, 5) is 31.6. The summed E-state index contributed by atoms with van der Waals surface area (Å²) >= 11 is 5.25. The number of nitrogens with zero attached hydrogens (tertiary/aromatic N) is 5. The van der Waals surface area contributed by atoms with Gasteiger partial charge in [0.05, 0.1) is 11.2 Å². The Morgan fingerprint density at radius 2 is 1.93 bits per heavy atom. The molecule has 0 saturated carbocycles. The van der Waals surface area contributed by atoms with E-state index in [1.165, 1.54) is 35.5 Å². The van der Waals surface area contributed by atoms with Gasteiger partial charge in [-0.1, -0.05) is 0 Å². The molecule has 5 heterocycles. The first-order chi connectivity index (χ1) is 13.2. The maximum atomic E-state index is 12.9. The van der Waals surface area contributed by atoms with Crippen LogP contribution >= 0.6 is 45.3 Å². The molecule has 3 aromatic heterocycles. The van der Waals surface area contributed by atoms with Crippen LogP contribution in [-0.2, 0) is 6.42 Å². The highest BCUT2D eigenvalue weighted by atomic mass is 127. The maximum Gasteiger partial charge on any atom is 0.271 e. The van der Waals surface area contributed by atoms with Crippen LogP contribution in [0.25, 0.3) is 10.6 Å². The van der Waals surface area contributed by atoms with Gasteiger partial charge in [0, 0.05) is 37.0 Å². The summed E-state index contributed by atoms with van der Waals surface area (Å²) in [6.45, 7) is 2.78. The minimum absolute atomic E-state index is 0.00237. The quantitative estimate of drug-likeness (QED) is 0.394. The lowest BCUT2D eigenvalue weighted by Gasteiger charge is -2.23. The molecule has 0 aromatic carbocycles. The Kier molecular flexibility index (Phi) is 4.60. The van der Waals surface area contributed by atoms with Gasteiger partial charge >= 0.3 is 0 Å². The summed E-state index contributed by atoms with van der Waals surface area (Å²) in [6.07, 6.45) is 3.22. The molecule has 1 amide bonds. The van der Waals surface area contributed by atoms with Crippen molar-refractivity contribution >= 4 is 62.8 Å². The molecule has 3 aromatic rings. The van der Waals surface area contributed by atoms with Crippen LogP contribution < -0.4 is 9.80 Å². The fourth-order valence-electron chi connectivity index (χ4n) is 3.51. The summed E-state index contributed by atoms with van der Waals surface area (Å²) in [5.74, 6) is 1.77. The van der Waals surface area contributed by atoms with Crippen LogP contribution in [0.2, 0.25) is 0 Å². The Morgan fingerprint density at radius 3 is 2.67 bits per heavy atom. The highest BCUT2D eigenvalue weighted by Gasteiger charge is 2.31. The second-order valence-corrected chi connectivity index (χ2v) is 9.29. The number of carbonyl (C=O) groups is 1. The number of hydrogen-bond donors (Lipinski definition) is 0. The average Bonchev–Trinajstić information content (AvgIpc) is 3.43. The largest absolute Gasteiger partial charge is 0.357 e. The number of rotatable bonds is 3. The number of anilines is 2. The van der Waals surface area contributed by atoms with Crippen LogP contribution in [0.5, 0.6) is 0 Å². The Hall–Kier alpha value is -1.59. The standard InChI is InChI=1S/C18H16IN5OS2/c19-16-11(3-4-13(22-16)23-6-1-2-7-23)17-21-12-5-8-24(14-9-26-10-20-14)18(25)15(12)27-17/h3-4,9-10H,1-2,5-8H2. The molecule has 138 valence electrons. The monoisotopic (exact) mass is 509 g/mol. The van der Waals surface area contributed by atoms with Gasteiger partial charge in [-0.05, 0) is 47.6 Å². The Labute approximate surface area is 178 Å². The van der Waals surface area contributed by atoms with E-state index >= 15 is 0 Å². The van der Waals surface area contributed by atoms with Crippen LogP contribution in [0, 0.1) is 3.70 Å². The first kappa shape index (κ1) is 17.5. The number of aromatic nitrogens is 3. The highest BCUT2D eigenvalue weighted by molar-refractivity contribution is 14.1. The SMILES string of the molecule is O=C1c2sc(-c3ccc(N4CCCC4)nc3I)nc2CCN1c1cscn1. The van der Waals surface area contributed by atoms with E-state index in [1.54, 1.807) is 10.4 Å². The van der Waals surface area contributed by atoms with E-state index in [0.29, 0.717) is 6.54 Å². The first-order valence-corrected chi connectivity index (χ1v) is 11.7. The molecule has 2 aliphatic heterocycles. The second-order valence-electron chi connectivity index (χ2n) is 6.55. The van der Waals surface area contributed by atoms with Crippen LogP contribution in [0.3, 0.4) is 0 Å². The number of pyridine rings is 1. The van der Waals surface area contributed by atoms with Crippen LogP contribution in [0.15, 0.2) is 23.0 Å². The van der Waals surface area contributed by atoms with E-state index in [4.69, 9.17) is 9.97 Å². The van der Waals surface area contributed by atoms with E-state index in [0.717, 1.165) is 56.0 Å². The van der Waals surface area contributed by atoms with Gasteiger partial charge < -0.3 is 4.90 Å². The molecular weight excluding hydrogens is 493 g/mol. The molecule has 1 fully saturated rings. The van der Waals surface area contributed by atoms with Crippen LogP contribution in [-0.4, -0.2) is 40.5 Å². The van der Waals surface area contributed by atoms with Crippen LogP contribution in [0.1, 0.15) is 28.2 Å². The number of halogens is 1. The predicted molar refractivity (Wildman–Crippen MR) is 117 cm³/mol. The van der Waals surface area contributed by atoms with E-state index in [-0.39, 0.29) is 5.91 Å². The van der Waals surface area contributed by atoms with Gasteiger partial charge in [0.25, 0.3) is 5.91 Å². The van der Waals surface area contributed by atoms with Crippen molar-refractivity contribution in [2.45, 2.75) is 19.3 Å². The molecule has 2 aliphatic rings. The van der Waals surface area contributed by atoms with Gasteiger partial charge in [-0.25, -0.2) is 15.0 Å². The minimum Gasteiger partial charge on any atom is -0.357 e. The third-order valence-electron chi connectivity index (χ3n) is 4.90. The lowest BCUT2D eigenvalue weighted by molar-refractivity contribution is 0.0983. The number of thiazole rings is 2. The minimum atomic E-state index is 0.00237. The lowest BCUT2D eigenvalue weighted by Crippen LogP contribution is -2.37. The van der Waals surface area contributed by atoms with E-state index in [9.17, 15) is 4.79 Å². The molecule has 27 heavy (non-hydrogen) atoms. The number of hydrogen-bond acceptors (Lipinski definition) is 7. The van der Waals surface area contributed by atoms with E-state index < -0.39 is 0 Å². The number of fused-ring (bicyclic) bond motifs is 1. The predicted octanol–water partition coefficient (Wildman–Crippen LogP) is 4.07. The third-order valence-corrected chi connectivity index (χ3v) is 7.41. The van der Waals surface area contributed by atoms with Gasteiger partial charge in [0.1, 0.15) is 25.2 Å². The van der Waals surface area contributed by atoms with Gasteiger partial charge in [0.15, 0.2) is 0 Å². The van der Waals surface area contributed by atoms with Gasteiger partial charge in [-0.15, -0.1) is 22.7 Å². The first-order valence-electron chi connectivity index (χ1n) is 8.82. The molecule has 0 spiro atoms. The fraction of sp³-hybridized carbons (Fsp3) is 0.333. The average molecular weight is 509 g/mol. The normalized spacial score (nSPS) is 16.9. The smallest absolute Gasteiger partial charge is 0.271 e. The highest BCUT2D eigenvalue weighted by Crippen LogP contribution is 2.35. The molecule has 6 nitrogen and oxygen atoms in total. The van der Waals surface area contributed by atoms with Crippen molar-refractivity contribution < 1.29 is 4.79 Å². The summed E-state index contributed by atoms with van der Waals surface area (Å²) in [5.41, 5.74) is 3.66. The van der Waals surface area contributed by atoms with Gasteiger partial charge in [-0.2, -0.15) is 0 Å². The zero-order valence-corrected chi connectivity index (χ0v) is 18.2. The lowest BCUT2D eigenvalue weighted by atomic mass is 10.1. The Bertz CT molecular complexity index is 997. The number of amides is 1. The second kappa shape index (κ2) is 7.10. The van der Waals surface area contributed by atoms with Crippen molar-refractivity contribution in [3.63, 3.8) is 0 Å². The molecule has 0 unspecified atom stereocenters. The zero-order valence-electron chi connectivity index (χ0n) is 14.4. The molecule has 0 radical (unpaired) electrons. The molecular formula is C18H16IN5OS2. The molecule has 9 heteroatoms. The molecule has 1 saturated heterocycles. The summed E-state index contributed by atoms with van der Waals surface area (Å²) < 4.78 is 0.937. The molecule has 0 N–H and O–H groups in total. The van der Waals surface area contributed by atoms with Gasteiger partial charge in [-0.3, -0.25) is 9.69 Å². The van der Waals surface area contributed by atoms with Crippen LogP contribution in [0.4, 0.5) is 11.6 Å². The van der Waals surface area contributed by atoms with Gasteiger partial charge in [0.2, 0.25) is 0 Å². The van der Waals surface area contributed by atoms with Crippen molar-refractivity contribution in [1.82, 2.24) is 15.0 Å². The summed E-state index contributed by atoms with van der Waals surface area (Å²) in [7, 11) is 0. The summed E-state index contributed by atoms with van der Waals surface area (Å²) in [6, 6.07) is 4.17. The third kappa shape index (κ3) is 3.15. The van der Waals surface area contributed by atoms with Crippen molar-refractivity contribution in [3.05, 3.63) is 37.3 Å².